The lowest BCUT2D eigenvalue weighted by atomic mass is 11.4. The van der Waals surface area contributed by atoms with E-state index in [1.165, 1.54) is 0 Å². The van der Waals surface area contributed by atoms with E-state index in [9.17, 15) is 0 Å². The van der Waals surface area contributed by atoms with E-state index < -0.39 is 6.08 Å². The van der Waals surface area contributed by atoms with Gasteiger partial charge in [-0.3, -0.25) is 0 Å². The summed E-state index contributed by atoms with van der Waals surface area (Å²) < 4.78 is 0. The van der Waals surface area contributed by atoms with Crippen molar-refractivity contribution >= 4 is 6.08 Å². The molecular weight excluding hydrogens is 58.0 g/mol. The maximum Gasteiger partial charge on any atom is -0.110 e. The fourth-order valence-electron chi connectivity index (χ4n) is 0. The molecule has 0 aromatic rings. The molecule has 0 aromatic heterocycles. The molecule has 3 heteroatoms. The van der Waals surface area contributed by atoms with Crippen LogP contribution in [0, 0.1) is 5.41 Å². The van der Waals surface area contributed by atoms with Gasteiger partial charge in [0, 0.05) is 0 Å². The van der Waals surface area contributed by atoms with Crippen molar-refractivity contribution in [2.45, 2.75) is 0 Å². The van der Waals surface area contributed by atoms with Gasteiger partial charge in [0.15, 0.2) is 0 Å². The van der Waals surface area contributed by atoms with Gasteiger partial charge in [-0.2, -0.15) is 0 Å². The molecule has 0 spiro atoms. The van der Waals surface area contributed by atoms with E-state index in [1.807, 2.05) is 0 Å². The average Bonchev–Trinajstić information content (AvgIpc) is 0.811. The third kappa shape index (κ3) is 0.174. The summed E-state index contributed by atoms with van der Waals surface area (Å²) >= 11 is 0. The van der Waals surface area contributed by atoms with Crippen LogP contribution in [0.2, 0.25) is 0 Å². The first kappa shape index (κ1) is 3.27. The van der Waals surface area contributed by atoms with Crippen LogP contribution < -0.4 is 10.2 Å². The predicted octanol–water partition coefficient (Wildman–Crippen LogP) is -2.36. The van der Waals surface area contributed by atoms with Gasteiger partial charge in [-0.1, -0.05) is 0 Å². The molecule has 24 valence electrons. The molecule has 0 unspecified atom stereocenters. The maximum atomic E-state index is 8.56. The van der Waals surface area contributed by atoms with Crippen LogP contribution in [0.3, 0.4) is 0 Å². The summed E-state index contributed by atoms with van der Waals surface area (Å²) in [7, 11) is 0. The van der Waals surface area contributed by atoms with Crippen molar-refractivity contribution in [3.63, 3.8) is 0 Å². The minimum Gasteiger partial charge on any atom is -0.871 e. The predicted molar refractivity (Wildman–Crippen MR) is 7.73 cm³/mol. The van der Waals surface area contributed by atoms with Gasteiger partial charge >= 0.3 is 0 Å². The van der Waals surface area contributed by atoms with E-state index >= 15 is 0 Å². The molecule has 0 rings (SSSR count). The molecule has 0 saturated carbocycles. The topological polar surface area (TPSA) is 70.0 Å². The monoisotopic (exact) mass is 59.0 g/mol. The third-order valence-electron chi connectivity index (χ3n) is 0. The van der Waals surface area contributed by atoms with Gasteiger partial charge in [0.1, 0.15) is 0 Å². The summed E-state index contributed by atoms with van der Waals surface area (Å²) in [6.45, 7) is 0. The Morgan fingerprint density at radius 2 is 1.50 bits per heavy atom. The van der Waals surface area contributed by atoms with Gasteiger partial charge < -0.3 is 15.6 Å². The Morgan fingerprint density at radius 1 is 1.50 bits per heavy atom. The molecule has 1 N–H and O–H groups in total. The Balaban J connectivity index is 2.80. The van der Waals surface area contributed by atoms with Gasteiger partial charge in [-0.15, -0.1) is 6.08 Å². The van der Waals surface area contributed by atoms with Crippen LogP contribution in [-0.2, 0) is 0 Å². The molecule has 0 aromatic carbocycles. The standard InChI is InChI=1S/CH3NO2/c2-1(3)4/h(H3,2,3,4)/p-2. The van der Waals surface area contributed by atoms with E-state index in [1.54, 1.807) is 0 Å². The lowest BCUT2D eigenvalue weighted by Gasteiger charge is -2.07. The van der Waals surface area contributed by atoms with Crippen LogP contribution in [0.5, 0.6) is 0 Å². The zero-order valence-electron chi connectivity index (χ0n) is 1.82. The number of nitrogens with one attached hydrogen (secondary N) is 1. The Bertz CT molecular complexity index is 29.0. The van der Waals surface area contributed by atoms with Gasteiger partial charge in [-0.25, -0.2) is 0 Å². The van der Waals surface area contributed by atoms with Crippen molar-refractivity contribution in [3.8, 4) is 0 Å². The number of rotatable bonds is 0. The highest BCUT2D eigenvalue weighted by atomic mass is 16.5. The van der Waals surface area contributed by atoms with E-state index in [4.69, 9.17) is 15.6 Å². The highest BCUT2D eigenvalue weighted by Gasteiger charge is 1.19. The van der Waals surface area contributed by atoms with Crippen LogP contribution in [-0.4, -0.2) is 6.08 Å². The minimum absolute atomic E-state index is 1.83. The summed E-state index contributed by atoms with van der Waals surface area (Å²) in [5.74, 6) is 0. The van der Waals surface area contributed by atoms with Gasteiger partial charge in [0.25, 0.3) is 0 Å². The van der Waals surface area contributed by atoms with Gasteiger partial charge in [-0.05, 0) is 0 Å². The van der Waals surface area contributed by atoms with Crippen LogP contribution in [0.4, 0.5) is 0 Å². The summed E-state index contributed by atoms with van der Waals surface area (Å²) in [5, 5.41) is 22.5. The van der Waals surface area contributed by atoms with Crippen molar-refractivity contribution in [1.29, 1.82) is 5.41 Å². The smallest absolute Gasteiger partial charge is 0.110 e. The van der Waals surface area contributed by atoms with Crippen molar-refractivity contribution < 1.29 is 10.2 Å². The first-order valence-corrected chi connectivity index (χ1v) is 0.658. The molecule has 0 fully saturated rings. The number of hydrogen-bond donors (Lipinski definition) is 1. The lowest BCUT2D eigenvalue weighted by molar-refractivity contribution is -0.386. The summed E-state index contributed by atoms with van der Waals surface area (Å²) in [4.78, 5) is 0. The summed E-state index contributed by atoms with van der Waals surface area (Å²) in [5.41, 5.74) is 0. The Labute approximate surface area is 23.0 Å². The molecule has 3 nitrogen and oxygen atoms in total. The van der Waals surface area contributed by atoms with Crippen LogP contribution in [0.25, 0.3) is 0 Å². The molecule has 4 heavy (non-hydrogen) atoms. The second-order valence-electron chi connectivity index (χ2n) is 0.287. The van der Waals surface area contributed by atoms with Crippen molar-refractivity contribution in [1.82, 2.24) is 0 Å². The molecule has 0 heterocycles. The largest absolute Gasteiger partial charge is 0.871 e. The average molecular weight is 59.0 g/mol. The maximum absolute atomic E-state index is 8.56. The van der Waals surface area contributed by atoms with Crippen molar-refractivity contribution in [2.75, 3.05) is 0 Å². The van der Waals surface area contributed by atoms with Gasteiger partial charge in [0.2, 0.25) is 0 Å². The second-order valence-corrected chi connectivity index (χ2v) is 0.287. The van der Waals surface area contributed by atoms with Crippen molar-refractivity contribution in [2.24, 2.45) is 0 Å². The molecule has 0 aliphatic rings. The molecule has 0 bridgehead atoms. The molecule has 0 saturated heterocycles. The lowest BCUT2D eigenvalue weighted by Crippen LogP contribution is -2.29. The zero-order valence-corrected chi connectivity index (χ0v) is 1.82. The molecule has 0 atom stereocenters. The Kier molecular flexibility index (Phi) is 0.581. The molecule has 0 aliphatic carbocycles. The van der Waals surface area contributed by atoms with Crippen molar-refractivity contribution in [3.05, 3.63) is 0 Å². The number of hydrogen-bond acceptors (Lipinski definition) is 3. The minimum atomic E-state index is -1.83. The fourth-order valence-corrected chi connectivity index (χ4v) is 0. The first-order valence-electron chi connectivity index (χ1n) is 0.658. The summed E-state index contributed by atoms with van der Waals surface area (Å²) in [6.07, 6.45) is -1.83. The zero-order chi connectivity index (χ0) is 3.58. The normalized spacial score (nSPS) is 6.00. The quantitative estimate of drug-likeness (QED) is 0.250. The van der Waals surface area contributed by atoms with E-state index in [0.29, 0.717) is 0 Å². The van der Waals surface area contributed by atoms with Gasteiger partial charge in [0.05, 0.1) is 0 Å². The second kappa shape index (κ2) is 0.711. The van der Waals surface area contributed by atoms with E-state index in [-0.39, 0.29) is 0 Å². The highest BCUT2D eigenvalue weighted by molar-refractivity contribution is 5.50. The fraction of sp³-hybridized carbons (Fsp3) is 0. The Hall–Kier alpha value is -0.730. The molecule has 0 amide bonds. The first-order chi connectivity index (χ1) is 1.73. The SMILES string of the molecule is N=C([O-])[O-]. The third-order valence-corrected chi connectivity index (χ3v) is 0. The van der Waals surface area contributed by atoms with Crippen LogP contribution in [0.15, 0.2) is 0 Å². The van der Waals surface area contributed by atoms with E-state index in [0.717, 1.165) is 0 Å². The Morgan fingerprint density at radius 3 is 1.50 bits per heavy atom. The van der Waals surface area contributed by atoms with Crippen LogP contribution >= 0.6 is 0 Å². The van der Waals surface area contributed by atoms with Crippen LogP contribution in [0.1, 0.15) is 0 Å². The molecule has 0 aliphatic heterocycles. The van der Waals surface area contributed by atoms with E-state index in [2.05, 4.69) is 0 Å². The molecule has 0 radical (unpaired) electrons. The molecular formula is CHNO2-2. The summed E-state index contributed by atoms with van der Waals surface area (Å²) in [6, 6.07) is 0. The highest BCUT2D eigenvalue weighted by Crippen LogP contribution is 1.09.